The molecule has 0 unspecified atom stereocenters. The highest BCUT2D eigenvalue weighted by Crippen LogP contribution is 2.25. The van der Waals surface area contributed by atoms with Crippen molar-refractivity contribution in [3.05, 3.63) is 28.8 Å². The van der Waals surface area contributed by atoms with Crippen LogP contribution in [0.1, 0.15) is 18.5 Å². The number of hydrogen-bond donors (Lipinski definition) is 1. The Labute approximate surface area is 84.3 Å². The predicted molar refractivity (Wildman–Crippen MR) is 58.4 cm³/mol. The van der Waals surface area contributed by atoms with E-state index >= 15 is 0 Å². The molecule has 0 saturated heterocycles. The van der Waals surface area contributed by atoms with Crippen LogP contribution in [-0.4, -0.2) is 14.1 Å². The summed E-state index contributed by atoms with van der Waals surface area (Å²) < 4.78 is 0. The molecule has 0 aromatic heterocycles. The zero-order chi connectivity index (χ0) is 10.0. The minimum Gasteiger partial charge on any atom is -0.378 e. The van der Waals surface area contributed by atoms with Crippen molar-refractivity contribution in [2.75, 3.05) is 19.0 Å². The van der Waals surface area contributed by atoms with Crippen LogP contribution in [0.5, 0.6) is 0 Å². The molecule has 1 aromatic carbocycles. The van der Waals surface area contributed by atoms with Gasteiger partial charge in [0.05, 0.1) is 0 Å². The maximum Gasteiger partial charge on any atom is 0.0474 e. The van der Waals surface area contributed by atoms with Gasteiger partial charge in [0.2, 0.25) is 0 Å². The monoisotopic (exact) mass is 198 g/mol. The molecule has 2 N–H and O–H groups in total. The van der Waals surface area contributed by atoms with Crippen molar-refractivity contribution < 1.29 is 0 Å². The average Bonchev–Trinajstić information content (AvgIpc) is 2.03. The van der Waals surface area contributed by atoms with E-state index in [-0.39, 0.29) is 6.04 Å². The van der Waals surface area contributed by atoms with Crippen molar-refractivity contribution in [3.8, 4) is 0 Å². The molecule has 0 spiro atoms. The standard InChI is InChI=1S/C10H15ClN2/c1-7(12)9-5-4-8(13(2)3)6-10(9)11/h4-7H,12H2,1-3H3/t7-/m1/s1. The van der Waals surface area contributed by atoms with Gasteiger partial charge in [-0.05, 0) is 24.6 Å². The minimum atomic E-state index is -0.0105. The second-order valence-corrected chi connectivity index (χ2v) is 3.80. The summed E-state index contributed by atoms with van der Waals surface area (Å²) in [6.07, 6.45) is 0. The third-order valence-corrected chi connectivity index (χ3v) is 2.32. The molecule has 72 valence electrons. The van der Waals surface area contributed by atoms with Gasteiger partial charge in [0, 0.05) is 30.8 Å². The van der Waals surface area contributed by atoms with Gasteiger partial charge < -0.3 is 10.6 Å². The lowest BCUT2D eigenvalue weighted by molar-refractivity contribution is 0.818. The van der Waals surface area contributed by atoms with Gasteiger partial charge in [-0.25, -0.2) is 0 Å². The van der Waals surface area contributed by atoms with E-state index in [9.17, 15) is 0 Å². The molecule has 0 aliphatic rings. The van der Waals surface area contributed by atoms with E-state index in [1.807, 2.05) is 44.1 Å². The Morgan fingerprint density at radius 3 is 2.38 bits per heavy atom. The van der Waals surface area contributed by atoms with E-state index in [0.717, 1.165) is 16.3 Å². The molecule has 0 fully saturated rings. The average molecular weight is 199 g/mol. The molecule has 0 radical (unpaired) electrons. The predicted octanol–water partition coefficient (Wildman–Crippen LogP) is 2.43. The van der Waals surface area contributed by atoms with E-state index in [0.29, 0.717) is 0 Å². The largest absolute Gasteiger partial charge is 0.378 e. The first-order chi connectivity index (χ1) is 6.02. The van der Waals surface area contributed by atoms with E-state index in [2.05, 4.69) is 0 Å². The molecule has 1 atom stereocenters. The first-order valence-electron chi connectivity index (χ1n) is 4.24. The fourth-order valence-corrected chi connectivity index (χ4v) is 1.51. The molecule has 1 aromatic rings. The van der Waals surface area contributed by atoms with Crippen molar-refractivity contribution in [2.24, 2.45) is 5.73 Å². The van der Waals surface area contributed by atoms with Gasteiger partial charge >= 0.3 is 0 Å². The van der Waals surface area contributed by atoms with Crippen molar-refractivity contribution in [1.82, 2.24) is 0 Å². The molecule has 2 nitrogen and oxygen atoms in total. The Morgan fingerprint density at radius 1 is 1.38 bits per heavy atom. The van der Waals surface area contributed by atoms with Crippen molar-refractivity contribution in [3.63, 3.8) is 0 Å². The Morgan fingerprint density at radius 2 is 2.00 bits per heavy atom. The van der Waals surface area contributed by atoms with Gasteiger partial charge in [-0.2, -0.15) is 0 Å². The first kappa shape index (κ1) is 10.4. The highest BCUT2D eigenvalue weighted by molar-refractivity contribution is 6.31. The molecule has 0 aliphatic heterocycles. The summed E-state index contributed by atoms with van der Waals surface area (Å²) in [5, 5.41) is 0.737. The number of nitrogens with zero attached hydrogens (tertiary/aromatic N) is 1. The molecule has 0 saturated carbocycles. The number of benzene rings is 1. The normalized spacial score (nSPS) is 12.7. The second kappa shape index (κ2) is 3.99. The van der Waals surface area contributed by atoms with Crippen LogP contribution >= 0.6 is 11.6 Å². The summed E-state index contributed by atoms with van der Waals surface area (Å²) in [6, 6.07) is 5.91. The third-order valence-electron chi connectivity index (χ3n) is 1.99. The summed E-state index contributed by atoms with van der Waals surface area (Å²) in [5.41, 5.74) is 7.83. The Kier molecular flexibility index (Phi) is 3.17. The number of nitrogens with two attached hydrogens (primary N) is 1. The number of anilines is 1. The van der Waals surface area contributed by atoms with Crippen LogP contribution in [-0.2, 0) is 0 Å². The molecule has 0 aliphatic carbocycles. The molecular formula is C10H15ClN2. The first-order valence-corrected chi connectivity index (χ1v) is 4.62. The van der Waals surface area contributed by atoms with Crippen LogP contribution in [0.3, 0.4) is 0 Å². The topological polar surface area (TPSA) is 29.3 Å². The van der Waals surface area contributed by atoms with Gasteiger partial charge in [0.25, 0.3) is 0 Å². The summed E-state index contributed by atoms with van der Waals surface area (Å²) in [5.74, 6) is 0. The van der Waals surface area contributed by atoms with E-state index < -0.39 is 0 Å². The fourth-order valence-electron chi connectivity index (χ4n) is 1.16. The number of hydrogen-bond acceptors (Lipinski definition) is 2. The summed E-state index contributed by atoms with van der Waals surface area (Å²) >= 11 is 6.06. The molecule has 1 rings (SSSR count). The van der Waals surface area contributed by atoms with Gasteiger partial charge in [-0.1, -0.05) is 17.7 Å². The Bertz CT molecular complexity index is 295. The van der Waals surface area contributed by atoms with Crippen LogP contribution in [0.4, 0.5) is 5.69 Å². The van der Waals surface area contributed by atoms with Crippen LogP contribution in [0.25, 0.3) is 0 Å². The second-order valence-electron chi connectivity index (χ2n) is 3.39. The summed E-state index contributed by atoms with van der Waals surface area (Å²) in [6.45, 7) is 1.93. The fraction of sp³-hybridized carbons (Fsp3) is 0.400. The van der Waals surface area contributed by atoms with Gasteiger partial charge in [-0.15, -0.1) is 0 Å². The van der Waals surface area contributed by atoms with E-state index in [4.69, 9.17) is 17.3 Å². The molecular weight excluding hydrogens is 184 g/mol. The van der Waals surface area contributed by atoms with Crippen molar-refractivity contribution in [1.29, 1.82) is 0 Å². The van der Waals surface area contributed by atoms with E-state index in [1.165, 1.54) is 0 Å². The molecule has 0 bridgehead atoms. The van der Waals surface area contributed by atoms with E-state index in [1.54, 1.807) is 0 Å². The summed E-state index contributed by atoms with van der Waals surface area (Å²) in [7, 11) is 3.97. The van der Waals surface area contributed by atoms with Crippen LogP contribution < -0.4 is 10.6 Å². The zero-order valence-corrected chi connectivity index (χ0v) is 8.97. The quantitative estimate of drug-likeness (QED) is 0.791. The van der Waals surface area contributed by atoms with Crippen LogP contribution in [0.15, 0.2) is 18.2 Å². The molecule has 3 heteroatoms. The molecule has 0 amide bonds. The Hall–Kier alpha value is -0.730. The lowest BCUT2D eigenvalue weighted by Gasteiger charge is -2.15. The SMILES string of the molecule is C[C@@H](N)c1ccc(N(C)C)cc1Cl. The Balaban J connectivity index is 3.06. The molecule has 0 heterocycles. The smallest absolute Gasteiger partial charge is 0.0474 e. The highest BCUT2D eigenvalue weighted by Gasteiger charge is 2.06. The minimum absolute atomic E-state index is 0.0105. The van der Waals surface area contributed by atoms with Crippen molar-refractivity contribution >= 4 is 17.3 Å². The van der Waals surface area contributed by atoms with Crippen molar-refractivity contribution in [2.45, 2.75) is 13.0 Å². The molecule has 13 heavy (non-hydrogen) atoms. The third kappa shape index (κ3) is 2.36. The van der Waals surface area contributed by atoms with Gasteiger partial charge in [0.1, 0.15) is 0 Å². The summed E-state index contributed by atoms with van der Waals surface area (Å²) in [4.78, 5) is 2.01. The lowest BCUT2D eigenvalue weighted by atomic mass is 10.1. The number of rotatable bonds is 2. The van der Waals surface area contributed by atoms with Gasteiger partial charge in [-0.3, -0.25) is 0 Å². The highest BCUT2D eigenvalue weighted by atomic mass is 35.5. The zero-order valence-electron chi connectivity index (χ0n) is 8.21. The van der Waals surface area contributed by atoms with Gasteiger partial charge in [0.15, 0.2) is 0 Å². The maximum absolute atomic E-state index is 6.06. The lowest BCUT2D eigenvalue weighted by Crippen LogP contribution is -2.10. The van der Waals surface area contributed by atoms with Crippen LogP contribution in [0, 0.1) is 0 Å². The number of halogens is 1. The maximum atomic E-state index is 6.06. The van der Waals surface area contributed by atoms with Crippen LogP contribution in [0.2, 0.25) is 5.02 Å².